The van der Waals surface area contributed by atoms with Crippen LogP contribution in [0.25, 0.3) is 0 Å². The van der Waals surface area contributed by atoms with Crippen LogP contribution >= 0.6 is 23.2 Å². The van der Waals surface area contributed by atoms with E-state index >= 15 is 0 Å². The minimum absolute atomic E-state index is 0.151. The number of urea groups is 2. The number of hydrogen-bond acceptors (Lipinski definition) is 4. The molecule has 0 heterocycles. The van der Waals surface area contributed by atoms with Crippen molar-refractivity contribution < 1.29 is 19.2 Å². The number of amides is 6. The summed E-state index contributed by atoms with van der Waals surface area (Å²) in [4.78, 5) is 48.3. The average molecular weight is 471 g/mol. The highest BCUT2D eigenvalue weighted by atomic mass is 35.5. The molecule has 3 aromatic carbocycles. The predicted molar refractivity (Wildman–Crippen MR) is 122 cm³/mol. The SMILES string of the molecule is O=C(NC(=O)c1ccc(C(=O)NC(=O)Nc2ccc(Cl)cc2)cc1)Nc1ccc(Cl)cc1. The number of benzene rings is 3. The lowest BCUT2D eigenvalue weighted by Gasteiger charge is -2.08. The van der Waals surface area contributed by atoms with E-state index in [0.717, 1.165) is 0 Å². The van der Waals surface area contributed by atoms with Crippen molar-refractivity contribution in [3.8, 4) is 0 Å². The Morgan fingerprint density at radius 2 is 0.812 bits per heavy atom. The van der Waals surface area contributed by atoms with Gasteiger partial charge in [-0.1, -0.05) is 23.2 Å². The summed E-state index contributed by atoms with van der Waals surface area (Å²) < 4.78 is 0. The van der Waals surface area contributed by atoms with Crippen molar-refractivity contribution in [2.45, 2.75) is 0 Å². The largest absolute Gasteiger partial charge is 0.326 e. The van der Waals surface area contributed by atoms with E-state index in [1.165, 1.54) is 24.3 Å². The minimum atomic E-state index is -0.724. The van der Waals surface area contributed by atoms with Crippen molar-refractivity contribution in [1.82, 2.24) is 10.6 Å². The second-order valence-corrected chi connectivity index (χ2v) is 7.28. The van der Waals surface area contributed by atoms with E-state index in [2.05, 4.69) is 21.3 Å². The number of rotatable bonds is 4. The van der Waals surface area contributed by atoms with Crippen LogP contribution < -0.4 is 21.3 Å². The van der Waals surface area contributed by atoms with Crippen LogP contribution in [0.3, 0.4) is 0 Å². The number of hydrogen-bond donors (Lipinski definition) is 4. The number of carbonyl (C=O) groups excluding carboxylic acids is 4. The molecule has 3 aromatic rings. The number of imide groups is 2. The Morgan fingerprint density at radius 3 is 1.12 bits per heavy atom. The topological polar surface area (TPSA) is 116 Å². The fourth-order valence-electron chi connectivity index (χ4n) is 2.51. The first-order valence-electron chi connectivity index (χ1n) is 9.16. The number of carbonyl (C=O) groups is 4. The summed E-state index contributed by atoms with van der Waals surface area (Å²) in [6.45, 7) is 0. The Balaban J connectivity index is 1.52. The molecule has 4 N–H and O–H groups in total. The second-order valence-electron chi connectivity index (χ2n) is 6.41. The van der Waals surface area contributed by atoms with Gasteiger partial charge in [-0.05, 0) is 72.8 Å². The summed E-state index contributed by atoms with van der Waals surface area (Å²) in [5, 5.41) is 10.4. The molecule has 3 rings (SSSR count). The standard InChI is InChI=1S/C22H16Cl2N4O4/c23-15-5-9-17(10-6-15)25-21(31)27-19(29)13-1-2-14(4-3-13)20(30)28-22(32)26-18-11-7-16(24)8-12-18/h1-12H,(H2,25,27,29,31)(H2,26,28,30,32). The minimum Gasteiger partial charge on any atom is -0.308 e. The molecular formula is C22H16Cl2N4O4. The van der Waals surface area contributed by atoms with E-state index in [1.807, 2.05) is 0 Å². The third-order valence-electron chi connectivity index (χ3n) is 4.07. The molecule has 0 aromatic heterocycles. The third-order valence-corrected chi connectivity index (χ3v) is 4.57. The molecule has 0 spiro atoms. The fraction of sp³-hybridized carbons (Fsp3) is 0. The molecule has 0 radical (unpaired) electrons. The molecule has 32 heavy (non-hydrogen) atoms. The first-order chi connectivity index (χ1) is 15.3. The zero-order chi connectivity index (χ0) is 23.1. The summed E-state index contributed by atoms with van der Waals surface area (Å²) in [7, 11) is 0. The van der Waals surface area contributed by atoms with Gasteiger partial charge in [0.15, 0.2) is 0 Å². The fourth-order valence-corrected chi connectivity index (χ4v) is 2.77. The first-order valence-corrected chi connectivity index (χ1v) is 9.91. The lowest BCUT2D eigenvalue weighted by atomic mass is 10.1. The van der Waals surface area contributed by atoms with Crippen LogP contribution in [0.1, 0.15) is 20.7 Å². The van der Waals surface area contributed by atoms with Crippen molar-refractivity contribution >= 4 is 58.5 Å². The van der Waals surface area contributed by atoms with Crippen LogP contribution in [-0.2, 0) is 0 Å². The smallest absolute Gasteiger partial charge is 0.308 e. The Morgan fingerprint density at radius 1 is 0.500 bits per heavy atom. The molecule has 0 aliphatic rings. The van der Waals surface area contributed by atoms with Gasteiger partial charge < -0.3 is 10.6 Å². The number of halogens is 2. The van der Waals surface area contributed by atoms with Crippen molar-refractivity contribution in [1.29, 1.82) is 0 Å². The van der Waals surface area contributed by atoms with E-state index in [1.54, 1.807) is 48.5 Å². The van der Waals surface area contributed by atoms with Crippen LogP contribution in [0.5, 0.6) is 0 Å². The van der Waals surface area contributed by atoms with Gasteiger partial charge in [0.2, 0.25) is 0 Å². The van der Waals surface area contributed by atoms with Crippen LogP contribution in [0.4, 0.5) is 21.0 Å². The lowest BCUT2D eigenvalue weighted by Crippen LogP contribution is -2.35. The molecule has 0 unspecified atom stereocenters. The maximum atomic E-state index is 12.2. The van der Waals surface area contributed by atoms with Crippen molar-refractivity contribution in [3.05, 3.63) is 94.0 Å². The van der Waals surface area contributed by atoms with Gasteiger partial charge in [-0.2, -0.15) is 0 Å². The van der Waals surface area contributed by atoms with Crippen LogP contribution in [0.15, 0.2) is 72.8 Å². The molecule has 6 amide bonds. The monoisotopic (exact) mass is 470 g/mol. The average Bonchev–Trinajstić information content (AvgIpc) is 2.77. The van der Waals surface area contributed by atoms with Crippen molar-refractivity contribution in [2.24, 2.45) is 0 Å². The maximum Gasteiger partial charge on any atom is 0.326 e. The molecule has 0 bridgehead atoms. The van der Waals surface area contributed by atoms with Gasteiger partial charge >= 0.3 is 12.1 Å². The molecule has 8 nitrogen and oxygen atoms in total. The van der Waals surface area contributed by atoms with Crippen LogP contribution in [0, 0.1) is 0 Å². The predicted octanol–water partition coefficient (Wildman–Crippen LogP) is 4.92. The second kappa shape index (κ2) is 10.4. The molecule has 0 aliphatic carbocycles. The van der Waals surface area contributed by atoms with Gasteiger partial charge in [-0.3, -0.25) is 20.2 Å². The van der Waals surface area contributed by atoms with Crippen LogP contribution in [-0.4, -0.2) is 23.9 Å². The molecular weight excluding hydrogens is 455 g/mol. The van der Waals surface area contributed by atoms with E-state index in [4.69, 9.17) is 23.2 Å². The zero-order valence-electron chi connectivity index (χ0n) is 16.3. The summed E-state index contributed by atoms with van der Waals surface area (Å²) >= 11 is 11.6. The van der Waals surface area contributed by atoms with E-state index < -0.39 is 23.9 Å². The summed E-state index contributed by atoms with van der Waals surface area (Å²) in [5.74, 6) is -1.33. The van der Waals surface area contributed by atoms with Gasteiger partial charge in [0.25, 0.3) is 11.8 Å². The van der Waals surface area contributed by atoms with Gasteiger partial charge in [0.1, 0.15) is 0 Å². The van der Waals surface area contributed by atoms with Gasteiger partial charge in [0, 0.05) is 32.5 Å². The van der Waals surface area contributed by atoms with E-state index in [0.29, 0.717) is 21.4 Å². The van der Waals surface area contributed by atoms with Crippen LogP contribution in [0.2, 0.25) is 10.0 Å². The molecule has 10 heteroatoms. The molecule has 0 atom stereocenters. The maximum absolute atomic E-state index is 12.2. The van der Waals surface area contributed by atoms with Gasteiger partial charge in [0.05, 0.1) is 0 Å². The Labute approximate surface area is 192 Å². The highest BCUT2D eigenvalue weighted by molar-refractivity contribution is 6.31. The summed E-state index contributed by atoms with van der Waals surface area (Å²) in [6, 6.07) is 16.7. The molecule has 0 saturated heterocycles. The number of anilines is 2. The Kier molecular flexibility index (Phi) is 7.43. The van der Waals surface area contributed by atoms with Gasteiger partial charge in [-0.15, -0.1) is 0 Å². The molecule has 0 fully saturated rings. The highest BCUT2D eigenvalue weighted by Crippen LogP contribution is 2.14. The van der Waals surface area contributed by atoms with E-state index in [-0.39, 0.29) is 11.1 Å². The summed E-state index contributed by atoms with van der Waals surface area (Å²) in [5.41, 5.74) is 1.23. The Hall–Kier alpha value is -3.88. The molecule has 0 saturated carbocycles. The molecule has 162 valence electrons. The quantitative estimate of drug-likeness (QED) is 0.432. The van der Waals surface area contributed by atoms with E-state index in [9.17, 15) is 19.2 Å². The first kappa shape index (κ1) is 22.8. The third kappa shape index (κ3) is 6.56. The Bertz CT molecular complexity index is 1060. The lowest BCUT2D eigenvalue weighted by molar-refractivity contribution is 0.0953. The highest BCUT2D eigenvalue weighted by Gasteiger charge is 2.14. The normalized spacial score (nSPS) is 10.1. The number of nitrogens with one attached hydrogen (secondary N) is 4. The van der Waals surface area contributed by atoms with Crippen molar-refractivity contribution in [2.75, 3.05) is 10.6 Å². The summed E-state index contributed by atoms with van der Waals surface area (Å²) in [6.07, 6.45) is 0. The van der Waals surface area contributed by atoms with Crippen molar-refractivity contribution in [3.63, 3.8) is 0 Å². The zero-order valence-corrected chi connectivity index (χ0v) is 17.8. The van der Waals surface area contributed by atoms with Gasteiger partial charge in [-0.25, -0.2) is 9.59 Å². The molecule has 0 aliphatic heterocycles.